The van der Waals surface area contributed by atoms with Gasteiger partial charge in [0.05, 0.1) is 5.60 Å². The summed E-state index contributed by atoms with van der Waals surface area (Å²) in [7, 11) is 0. The molecule has 142 valence electrons. The molecule has 1 aromatic carbocycles. The lowest BCUT2D eigenvalue weighted by atomic mass is 9.57. The van der Waals surface area contributed by atoms with E-state index >= 15 is 0 Å². The molecule has 0 radical (unpaired) electrons. The Bertz CT molecular complexity index is 685. The van der Waals surface area contributed by atoms with Crippen LogP contribution in [0.2, 0.25) is 0 Å². The van der Waals surface area contributed by atoms with Gasteiger partial charge in [-0.1, -0.05) is 22.0 Å². The highest BCUT2D eigenvalue weighted by atomic mass is 79.9. The maximum atomic E-state index is 13.3. The first-order valence-corrected chi connectivity index (χ1v) is 10.6. The Morgan fingerprint density at radius 1 is 1.23 bits per heavy atom. The Balaban J connectivity index is 1.58. The number of carbonyl (C=O) groups excluding carboxylic acids is 1. The first-order valence-electron chi connectivity index (χ1n) is 9.78. The van der Waals surface area contributed by atoms with Crippen LogP contribution in [0.1, 0.15) is 58.3 Å². The van der Waals surface area contributed by atoms with Gasteiger partial charge in [-0.05, 0) is 81.9 Å². The van der Waals surface area contributed by atoms with Gasteiger partial charge in [0.1, 0.15) is 0 Å². The number of benzene rings is 1. The number of halogens is 1. The molecule has 2 bridgehead atoms. The van der Waals surface area contributed by atoms with E-state index in [1.165, 1.54) is 0 Å². The quantitative estimate of drug-likeness (QED) is 0.773. The van der Waals surface area contributed by atoms with Crippen LogP contribution in [-0.2, 0) is 4.79 Å². The summed E-state index contributed by atoms with van der Waals surface area (Å²) >= 11 is 3.54. The lowest BCUT2D eigenvalue weighted by molar-refractivity contribution is -0.136. The fraction of sp³-hybridized carbons (Fsp3) is 0.667. The van der Waals surface area contributed by atoms with E-state index in [0.29, 0.717) is 12.8 Å². The van der Waals surface area contributed by atoms with Gasteiger partial charge in [0.2, 0.25) is 5.91 Å². The molecule has 0 aromatic heterocycles. The van der Waals surface area contributed by atoms with E-state index in [1.54, 1.807) is 0 Å². The van der Waals surface area contributed by atoms with Crippen molar-refractivity contribution in [3.8, 4) is 0 Å². The van der Waals surface area contributed by atoms with Crippen molar-refractivity contribution >= 4 is 27.5 Å². The lowest BCUT2D eigenvalue weighted by Gasteiger charge is -2.53. The van der Waals surface area contributed by atoms with Gasteiger partial charge in [0, 0.05) is 28.2 Å². The van der Waals surface area contributed by atoms with Gasteiger partial charge in [-0.3, -0.25) is 4.79 Å². The monoisotopic (exact) mass is 420 g/mol. The maximum absolute atomic E-state index is 13.3. The predicted octanol–water partition coefficient (Wildman–Crippen LogP) is 3.99. The normalized spacial score (nSPS) is 38.7. The van der Waals surface area contributed by atoms with E-state index < -0.39 is 5.60 Å². The first-order chi connectivity index (χ1) is 12.2. The molecule has 0 aliphatic heterocycles. The van der Waals surface area contributed by atoms with Gasteiger partial charge < -0.3 is 15.7 Å². The zero-order chi connectivity index (χ0) is 18.6. The van der Waals surface area contributed by atoms with Crippen molar-refractivity contribution < 1.29 is 9.90 Å². The Kier molecular flexibility index (Phi) is 4.48. The number of nitrogens with zero attached hydrogens (tertiary/aromatic N) is 1. The summed E-state index contributed by atoms with van der Waals surface area (Å²) in [5.41, 5.74) is 6.99. The fourth-order valence-electron chi connectivity index (χ4n) is 5.20. The molecule has 4 fully saturated rings. The van der Waals surface area contributed by atoms with Crippen LogP contribution in [0.3, 0.4) is 0 Å². The molecule has 4 saturated carbocycles. The van der Waals surface area contributed by atoms with Crippen LogP contribution in [0.5, 0.6) is 0 Å². The van der Waals surface area contributed by atoms with Gasteiger partial charge in [0.25, 0.3) is 0 Å². The Labute approximate surface area is 164 Å². The summed E-state index contributed by atoms with van der Waals surface area (Å²) in [5.74, 6) is 0.0975. The van der Waals surface area contributed by atoms with E-state index in [1.807, 2.05) is 36.1 Å². The van der Waals surface area contributed by atoms with Crippen LogP contribution in [0.15, 0.2) is 28.7 Å². The number of rotatable bonds is 4. The Hall–Kier alpha value is -0.910. The second kappa shape index (κ2) is 6.32. The van der Waals surface area contributed by atoms with Gasteiger partial charge >= 0.3 is 0 Å². The topological polar surface area (TPSA) is 66.6 Å². The highest BCUT2D eigenvalue weighted by Gasteiger charge is 2.49. The number of hydrogen-bond donors (Lipinski definition) is 2. The standard InChI is InChI=1S/C21H29BrN2O2/c1-19(26)12-15(13-19)18(25)24(17-4-2-3-16(22)11-17)14-20-5-8-21(23,9-6-20)10-7-20/h2-4,11,15,26H,5-10,12-14,23H2,1H3/t15-,19+,20?,21?. The molecule has 5 heteroatoms. The fourth-order valence-corrected chi connectivity index (χ4v) is 5.59. The largest absolute Gasteiger partial charge is 0.390 e. The number of anilines is 1. The zero-order valence-electron chi connectivity index (χ0n) is 15.5. The van der Waals surface area contributed by atoms with E-state index in [2.05, 4.69) is 15.9 Å². The second-order valence-electron chi connectivity index (χ2n) is 9.37. The summed E-state index contributed by atoms with van der Waals surface area (Å²) in [6, 6.07) is 8.03. The molecular weight excluding hydrogens is 392 g/mol. The average molecular weight is 421 g/mol. The van der Waals surface area contributed by atoms with Crippen molar-refractivity contribution in [1.29, 1.82) is 0 Å². The number of nitrogens with two attached hydrogens (primary N) is 1. The molecule has 3 N–H and O–H groups in total. The third-order valence-electron chi connectivity index (χ3n) is 7.06. The summed E-state index contributed by atoms with van der Waals surface area (Å²) in [6.07, 6.45) is 7.70. The van der Waals surface area contributed by atoms with Crippen molar-refractivity contribution in [2.24, 2.45) is 17.1 Å². The summed E-state index contributed by atoms with van der Waals surface area (Å²) < 4.78 is 0.985. The molecular formula is C21H29BrN2O2. The predicted molar refractivity (Wildman–Crippen MR) is 107 cm³/mol. The van der Waals surface area contributed by atoms with Crippen LogP contribution < -0.4 is 10.6 Å². The number of fused-ring (bicyclic) bond motifs is 3. The average Bonchev–Trinajstić information content (AvgIpc) is 2.58. The third kappa shape index (κ3) is 3.46. The van der Waals surface area contributed by atoms with E-state index in [9.17, 15) is 9.90 Å². The third-order valence-corrected chi connectivity index (χ3v) is 7.55. The highest BCUT2D eigenvalue weighted by molar-refractivity contribution is 9.10. The van der Waals surface area contributed by atoms with E-state index in [0.717, 1.165) is 55.2 Å². The summed E-state index contributed by atoms with van der Waals surface area (Å²) in [5, 5.41) is 10.1. The Morgan fingerprint density at radius 2 is 1.85 bits per heavy atom. The molecule has 0 atom stereocenters. The second-order valence-corrected chi connectivity index (χ2v) is 10.3. The molecule has 4 aliphatic rings. The maximum Gasteiger partial charge on any atom is 0.230 e. The van der Waals surface area contributed by atoms with Crippen LogP contribution in [0, 0.1) is 11.3 Å². The van der Waals surface area contributed by atoms with Crippen LogP contribution in [-0.4, -0.2) is 28.7 Å². The minimum Gasteiger partial charge on any atom is -0.390 e. The van der Waals surface area contributed by atoms with Crippen LogP contribution >= 0.6 is 15.9 Å². The van der Waals surface area contributed by atoms with Gasteiger partial charge in [-0.2, -0.15) is 0 Å². The molecule has 4 nitrogen and oxygen atoms in total. The number of carbonyl (C=O) groups is 1. The SMILES string of the molecule is C[C@]1(O)C[C@@H](C(=O)N(CC23CCC(N)(CC2)CC3)c2cccc(Br)c2)C1. The summed E-state index contributed by atoms with van der Waals surface area (Å²) in [6.45, 7) is 2.60. The molecule has 5 rings (SSSR count). The zero-order valence-corrected chi connectivity index (χ0v) is 17.1. The van der Waals surface area contributed by atoms with Gasteiger partial charge in [0.15, 0.2) is 0 Å². The molecule has 0 heterocycles. The molecule has 0 unspecified atom stereocenters. The molecule has 26 heavy (non-hydrogen) atoms. The van der Waals surface area contributed by atoms with Crippen molar-refractivity contribution in [2.45, 2.75) is 69.4 Å². The van der Waals surface area contributed by atoms with Crippen molar-refractivity contribution in [3.63, 3.8) is 0 Å². The highest BCUT2D eigenvalue weighted by Crippen LogP contribution is 2.52. The molecule has 0 saturated heterocycles. The van der Waals surface area contributed by atoms with Crippen molar-refractivity contribution in [1.82, 2.24) is 0 Å². The van der Waals surface area contributed by atoms with Crippen molar-refractivity contribution in [3.05, 3.63) is 28.7 Å². The number of aliphatic hydroxyl groups is 1. The lowest BCUT2D eigenvalue weighted by Crippen LogP contribution is -2.57. The van der Waals surface area contributed by atoms with Crippen LogP contribution in [0.25, 0.3) is 0 Å². The minimum atomic E-state index is -0.684. The van der Waals surface area contributed by atoms with E-state index in [-0.39, 0.29) is 22.8 Å². The molecule has 1 aromatic rings. The van der Waals surface area contributed by atoms with Gasteiger partial charge in [-0.25, -0.2) is 0 Å². The molecule has 4 aliphatic carbocycles. The number of amides is 1. The minimum absolute atomic E-state index is 0.0407. The van der Waals surface area contributed by atoms with Gasteiger partial charge in [-0.15, -0.1) is 0 Å². The smallest absolute Gasteiger partial charge is 0.230 e. The number of hydrogen-bond acceptors (Lipinski definition) is 3. The molecule has 0 spiro atoms. The first kappa shape index (κ1) is 18.5. The van der Waals surface area contributed by atoms with E-state index in [4.69, 9.17) is 5.73 Å². The Morgan fingerprint density at radius 3 is 2.38 bits per heavy atom. The van der Waals surface area contributed by atoms with Crippen molar-refractivity contribution in [2.75, 3.05) is 11.4 Å². The summed E-state index contributed by atoms with van der Waals surface area (Å²) in [4.78, 5) is 15.3. The van der Waals surface area contributed by atoms with Crippen LogP contribution in [0.4, 0.5) is 5.69 Å². The molecule has 1 amide bonds.